The van der Waals surface area contributed by atoms with Crippen LogP contribution in [0.15, 0.2) is 65.2 Å². The number of halogens is 3. The summed E-state index contributed by atoms with van der Waals surface area (Å²) in [5, 5.41) is 12.1. The summed E-state index contributed by atoms with van der Waals surface area (Å²) in [4.78, 5) is 16.8. The number of nitrogens with zero attached hydrogens (tertiary/aromatic N) is 2. The van der Waals surface area contributed by atoms with Crippen LogP contribution in [0.3, 0.4) is 0 Å². The molecule has 4 rings (SSSR count). The molecule has 0 aliphatic heterocycles. The number of aryl methyl sites for hydroxylation is 1. The number of aromatic nitrogens is 1. The molecule has 2 heterocycles. The Morgan fingerprint density at radius 3 is 2.71 bits per heavy atom. The van der Waals surface area contributed by atoms with Crippen molar-refractivity contribution in [2.75, 3.05) is 6.54 Å². The van der Waals surface area contributed by atoms with E-state index in [4.69, 9.17) is 9.68 Å². The number of rotatable bonds is 6. The zero-order valence-corrected chi connectivity index (χ0v) is 18.2. The number of amides is 1. The van der Waals surface area contributed by atoms with E-state index < -0.39 is 11.7 Å². The number of hydrogen-bond donors (Lipinski definition) is 1. The number of pyridine rings is 1. The Balaban J connectivity index is 1.68. The van der Waals surface area contributed by atoms with Crippen molar-refractivity contribution in [3.8, 4) is 17.3 Å². The van der Waals surface area contributed by atoms with Crippen molar-refractivity contribution in [2.24, 2.45) is 0 Å². The van der Waals surface area contributed by atoms with Gasteiger partial charge >= 0.3 is 6.18 Å². The van der Waals surface area contributed by atoms with Crippen molar-refractivity contribution in [3.63, 3.8) is 0 Å². The van der Waals surface area contributed by atoms with E-state index in [1.165, 1.54) is 12.3 Å². The van der Waals surface area contributed by atoms with E-state index in [9.17, 15) is 18.0 Å². The maximum Gasteiger partial charge on any atom is 0.416 e. The summed E-state index contributed by atoms with van der Waals surface area (Å²) in [6.45, 7) is 2.11. The molecule has 0 atom stereocenters. The van der Waals surface area contributed by atoms with E-state index in [1.807, 2.05) is 31.2 Å². The molecule has 0 saturated heterocycles. The maximum absolute atomic E-state index is 13.1. The molecule has 2 aromatic carbocycles. The van der Waals surface area contributed by atoms with Crippen LogP contribution in [0.5, 0.6) is 0 Å². The van der Waals surface area contributed by atoms with Gasteiger partial charge in [0.15, 0.2) is 0 Å². The molecule has 0 saturated carbocycles. The summed E-state index contributed by atoms with van der Waals surface area (Å²) >= 11 is 0. The SMILES string of the molecule is Cc1c(Cc2cccc(C(F)(F)F)c2)oc2c(-c3cc(C(=O)NCCC#N)ccn3)cccc12. The highest BCUT2D eigenvalue weighted by atomic mass is 19.4. The normalized spacial score (nSPS) is 11.4. The topological polar surface area (TPSA) is 78.9 Å². The molecule has 5 nitrogen and oxygen atoms in total. The van der Waals surface area contributed by atoms with Gasteiger partial charge in [-0.15, -0.1) is 0 Å². The van der Waals surface area contributed by atoms with E-state index in [1.54, 1.807) is 18.2 Å². The minimum Gasteiger partial charge on any atom is -0.460 e. The Hall–Kier alpha value is -4.12. The minimum absolute atomic E-state index is 0.207. The molecule has 1 N–H and O–H groups in total. The summed E-state index contributed by atoms with van der Waals surface area (Å²) in [7, 11) is 0. The molecule has 34 heavy (non-hydrogen) atoms. The number of carbonyl (C=O) groups excluding carboxylic acids is 1. The van der Waals surface area contributed by atoms with Gasteiger partial charge < -0.3 is 9.73 Å². The first-order chi connectivity index (χ1) is 16.3. The predicted molar refractivity (Wildman–Crippen MR) is 121 cm³/mol. The number of carbonyl (C=O) groups is 1. The maximum atomic E-state index is 13.1. The molecular weight excluding hydrogens is 443 g/mol. The van der Waals surface area contributed by atoms with Gasteiger partial charge in [0.1, 0.15) is 11.3 Å². The number of fused-ring (bicyclic) bond motifs is 1. The fraction of sp³-hybridized carbons (Fsp3) is 0.192. The van der Waals surface area contributed by atoms with E-state index in [0.717, 1.165) is 23.1 Å². The highest BCUT2D eigenvalue weighted by Gasteiger charge is 2.30. The predicted octanol–water partition coefficient (Wildman–Crippen LogP) is 6.06. The van der Waals surface area contributed by atoms with Crippen molar-refractivity contribution < 1.29 is 22.4 Å². The van der Waals surface area contributed by atoms with Gasteiger partial charge in [-0.2, -0.15) is 18.4 Å². The van der Waals surface area contributed by atoms with Crippen LogP contribution >= 0.6 is 0 Å². The van der Waals surface area contributed by atoms with Crippen molar-refractivity contribution >= 4 is 16.9 Å². The van der Waals surface area contributed by atoms with Crippen LogP contribution in [0.2, 0.25) is 0 Å². The van der Waals surface area contributed by atoms with Crippen LogP contribution in [0, 0.1) is 18.3 Å². The molecule has 8 heteroatoms. The third-order valence-electron chi connectivity index (χ3n) is 5.50. The molecule has 2 aromatic heterocycles. The first-order valence-electron chi connectivity index (χ1n) is 10.6. The Morgan fingerprint density at radius 1 is 1.15 bits per heavy atom. The van der Waals surface area contributed by atoms with Gasteiger partial charge in [-0.05, 0) is 42.3 Å². The van der Waals surface area contributed by atoms with Crippen LogP contribution in [0.4, 0.5) is 13.2 Å². The number of benzene rings is 2. The zero-order chi connectivity index (χ0) is 24.3. The number of nitriles is 1. The molecule has 0 bridgehead atoms. The van der Waals surface area contributed by atoms with Gasteiger partial charge in [0, 0.05) is 35.7 Å². The lowest BCUT2D eigenvalue weighted by Gasteiger charge is -2.08. The average Bonchev–Trinajstić information content (AvgIpc) is 3.14. The van der Waals surface area contributed by atoms with Gasteiger partial charge in [-0.1, -0.05) is 30.3 Å². The minimum atomic E-state index is -4.41. The van der Waals surface area contributed by atoms with E-state index in [-0.39, 0.29) is 25.3 Å². The fourth-order valence-electron chi connectivity index (χ4n) is 3.76. The molecule has 1 amide bonds. The van der Waals surface area contributed by atoms with Gasteiger partial charge in [-0.3, -0.25) is 9.78 Å². The van der Waals surface area contributed by atoms with Crippen LogP contribution in [-0.4, -0.2) is 17.4 Å². The van der Waals surface area contributed by atoms with Gasteiger partial charge in [-0.25, -0.2) is 0 Å². The van der Waals surface area contributed by atoms with Crippen molar-refractivity contribution in [1.82, 2.24) is 10.3 Å². The summed E-state index contributed by atoms with van der Waals surface area (Å²) in [5.41, 5.74) is 2.77. The molecule has 4 aromatic rings. The average molecular weight is 463 g/mol. The van der Waals surface area contributed by atoms with E-state index in [0.29, 0.717) is 33.7 Å². The van der Waals surface area contributed by atoms with Gasteiger partial charge in [0.2, 0.25) is 0 Å². The molecule has 0 unspecified atom stereocenters. The highest BCUT2D eigenvalue weighted by Crippen LogP contribution is 2.35. The number of alkyl halides is 3. The van der Waals surface area contributed by atoms with Gasteiger partial charge in [0.25, 0.3) is 5.91 Å². The second-order valence-corrected chi connectivity index (χ2v) is 7.80. The Labute approximate surface area is 193 Å². The quantitative estimate of drug-likeness (QED) is 0.353. The third kappa shape index (κ3) is 4.79. The summed E-state index contributed by atoms with van der Waals surface area (Å²) in [5.74, 6) is 0.249. The van der Waals surface area contributed by atoms with E-state index in [2.05, 4.69) is 10.3 Å². The molecule has 0 spiro atoms. The highest BCUT2D eigenvalue weighted by molar-refractivity contribution is 5.98. The third-order valence-corrected chi connectivity index (χ3v) is 5.50. The first-order valence-corrected chi connectivity index (χ1v) is 10.6. The van der Waals surface area contributed by atoms with Gasteiger partial charge in [0.05, 0.1) is 23.7 Å². The van der Waals surface area contributed by atoms with E-state index >= 15 is 0 Å². The standard InChI is InChI=1S/C26H20F3N3O2/c1-16-20-7-3-8-21(22-15-18(9-12-31-22)25(33)32-11-4-10-30)24(20)34-23(16)14-17-5-2-6-19(13-17)26(27,28)29/h2-3,5-9,12-13,15H,4,11,14H2,1H3,(H,32,33). The lowest BCUT2D eigenvalue weighted by atomic mass is 10.0. The van der Waals surface area contributed by atoms with Crippen molar-refractivity contribution in [1.29, 1.82) is 5.26 Å². The Bertz CT molecular complexity index is 1400. The Kier molecular flexibility index (Phi) is 6.37. The summed E-state index contributed by atoms with van der Waals surface area (Å²) in [6.07, 6.45) is -2.47. The summed E-state index contributed by atoms with van der Waals surface area (Å²) in [6, 6.07) is 15.9. The molecule has 0 radical (unpaired) electrons. The number of furan rings is 1. The number of nitrogens with one attached hydrogen (secondary N) is 1. The Morgan fingerprint density at radius 2 is 1.94 bits per heavy atom. The van der Waals surface area contributed by atoms with Crippen LogP contribution in [0.1, 0.15) is 39.2 Å². The number of para-hydroxylation sites is 1. The van der Waals surface area contributed by atoms with Crippen molar-refractivity contribution in [2.45, 2.75) is 25.9 Å². The molecule has 0 fully saturated rings. The molecule has 0 aliphatic rings. The summed E-state index contributed by atoms with van der Waals surface area (Å²) < 4.78 is 45.4. The zero-order valence-electron chi connectivity index (χ0n) is 18.2. The lowest BCUT2D eigenvalue weighted by Crippen LogP contribution is -2.24. The first kappa shape index (κ1) is 23.1. The fourth-order valence-corrected chi connectivity index (χ4v) is 3.76. The lowest BCUT2D eigenvalue weighted by molar-refractivity contribution is -0.137. The second-order valence-electron chi connectivity index (χ2n) is 7.80. The molecule has 172 valence electrons. The monoisotopic (exact) mass is 463 g/mol. The smallest absolute Gasteiger partial charge is 0.416 e. The molecule has 0 aliphatic carbocycles. The van der Waals surface area contributed by atoms with Crippen LogP contribution < -0.4 is 5.32 Å². The number of hydrogen-bond acceptors (Lipinski definition) is 4. The van der Waals surface area contributed by atoms with Crippen LogP contribution in [0.25, 0.3) is 22.2 Å². The molecular formula is C26H20F3N3O2. The largest absolute Gasteiger partial charge is 0.460 e. The van der Waals surface area contributed by atoms with Crippen molar-refractivity contribution in [3.05, 3.63) is 88.8 Å². The second kappa shape index (κ2) is 9.40. The van der Waals surface area contributed by atoms with Crippen LogP contribution in [-0.2, 0) is 12.6 Å².